The van der Waals surface area contributed by atoms with Crippen LogP contribution in [-0.4, -0.2) is 13.0 Å². The summed E-state index contributed by atoms with van der Waals surface area (Å²) in [6, 6.07) is 32.3. The van der Waals surface area contributed by atoms with Gasteiger partial charge in [-0.25, -0.2) is 0 Å². The van der Waals surface area contributed by atoms with Gasteiger partial charge in [0.25, 0.3) is 0 Å². The molecule has 0 radical (unpaired) electrons. The molecule has 4 saturated carbocycles. The van der Waals surface area contributed by atoms with E-state index in [9.17, 15) is 4.79 Å². The Morgan fingerprint density at radius 1 is 0.509 bits per heavy atom. The van der Waals surface area contributed by atoms with Crippen LogP contribution in [0.4, 0.5) is 0 Å². The molecule has 5 heteroatoms. The topological polar surface area (TPSA) is 17.1 Å². The fraction of sp³-hybridized carbons (Fsp3) is 0.580. The zero-order valence-corrected chi connectivity index (χ0v) is 40.3. The first kappa shape index (κ1) is 46.6. The van der Waals surface area contributed by atoms with E-state index in [-0.39, 0.29) is 0 Å². The van der Waals surface area contributed by atoms with Crippen molar-refractivity contribution in [2.45, 2.75) is 118 Å². The molecular formula is C50H72Br3OP. The van der Waals surface area contributed by atoms with Crippen molar-refractivity contribution in [1.29, 1.82) is 0 Å². The first-order chi connectivity index (χ1) is 26.5. The summed E-state index contributed by atoms with van der Waals surface area (Å²) < 4.78 is 0. The molecule has 0 bridgehead atoms. The molecule has 0 aliphatic heterocycles. The number of allylic oxidation sites excluding steroid dienone is 1. The monoisotopic (exact) mass is 956 g/mol. The number of carbonyl (C=O) groups is 1. The van der Waals surface area contributed by atoms with Gasteiger partial charge in [0.2, 0.25) is 0 Å². The van der Waals surface area contributed by atoms with E-state index in [1.54, 1.807) is 0 Å². The minimum atomic E-state index is -2.56. The van der Waals surface area contributed by atoms with E-state index in [2.05, 4.69) is 182 Å². The van der Waals surface area contributed by atoms with Gasteiger partial charge in [0.15, 0.2) is 0 Å². The number of halogens is 3. The van der Waals surface area contributed by atoms with Crippen LogP contribution in [0.3, 0.4) is 0 Å². The number of aldehydes is 1. The van der Waals surface area contributed by atoms with Gasteiger partial charge in [-0.05, 0) is 117 Å². The Morgan fingerprint density at radius 3 is 1.15 bits per heavy atom. The second kappa shape index (κ2) is 22.9. The van der Waals surface area contributed by atoms with Gasteiger partial charge >= 0.3 is 134 Å². The number of hydrogen-bond donors (Lipinski definition) is 0. The molecule has 0 spiro atoms. The van der Waals surface area contributed by atoms with Crippen LogP contribution in [0, 0.1) is 59.2 Å². The average Bonchev–Trinajstić information content (AvgIpc) is 3.24. The molecule has 304 valence electrons. The van der Waals surface area contributed by atoms with Crippen LogP contribution in [-0.2, 0) is 4.79 Å². The maximum absolute atomic E-state index is 11.1. The molecule has 6 atom stereocenters. The molecule has 7 rings (SSSR count). The van der Waals surface area contributed by atoms with E-state index in [4.69, 9.17) is 0 Å². The molecule has 1 nitrogen and oxygen atoms in total. The SMILES string of the molecule is BrBr.C=C[C@H]1CC(C2CCC(C)CC2)CC[C@H]1C.CC1CCC(C2CC[C@@H](C)[C@@H](C=O)C2)CC1.CP(Br)(c1ccccc1)(c1ccccc1)c1ccccc1. The quantitative estimate of drug-likeness (QED) is 0.131. The van der Waals surface area contributed by atoms with E-state index in [1.165, 1.54) is 112 Å². The molecule has 0 N–H and O–H groups in total. The van der Waals surface area contributed by atoms with E-state index in [0.29, 0.717) is 11.8 Å². The van der Waals surface area contributed by atoms with Gasteiger partial charge in [0.1, 0.15) is 6.29 Å². The third kappa shape index (κ3) is 12.5. The fourth-order valence-electron chi connectivity index (χ4n) is 10.5. The van der Waals surface area contributed by atoms with Gasteiger partial charge in [0.05, 0.1) is 0 Å². The Bertz CT molecular complexity index is 1360. The Kier molecular flexibility index (Phi) is 19.4. The molecule has 3 aromatic rings. The number of carbonyl (C=O) groups excluding carboxylic acids is 1. The molecule has 0 saturated heterocycles. The Labute approximate surface area is 360 Å². The maximum atomic E-state index is 11.1. The van der Waals surface area contributed by atoms with Crippen LogP contribution < -0.4 is 15.9 Å². The molecule has 4 fully saturated rings. The summed E-state index contributed by atoms with van der Waals surface area (Å²) in [5, 5.41) is 1.48. The van der Waals surface area contributed by atoms with E-state index in [0.717, 1.165) is 47.3 Å². The van der Waals surface area contributed by atoms with Gasteiger partial charge in [-0.15, -0.1) is 6.58 Å². The van der Waals surface area contributed by atoms with Crippen molar-refractivity contribution in [3.63, 3.8) is 0 Å². The van der Waals surface area contributed by atoms with Crippen molar-refractivity contribution in [2.24, 2.45) is 59.2 Å². The van der Waals surface area contributed by atoms with Crippen molar-refractivity contribution < 1.29 is 4.79 Å². The van der Waals surface area contributed by atoms with Crippen LogP contribution in [0.1, 0.15) is 118 Å². The summed E-state index contributed by atoms with van der Waals surface area (Å²) in [6.07, 6.45) is 23.3. The van der Waals surface area contributed by atoms with Crippen LogP contribution in [0.15, 0.2) is 104 Å². The van der Waals surface area contributed by atoms with Gasteiger partial charge < -0.3 is 4.79 Å². The van der Waals surface area contributed by atoms with E-state index >= 15 is 0 Å². The van der Waals surface area contributed by atoms with Crippen molar-refractivity contribution in [3.05, 3.63) is 104 Å². The predicted octanol–water partition coefficient (Wildman–Crippen LogP) is 15.3. The molecule has 0 amide bonds. The molecule has 0 aromatic heterocycles. The van der Waals surface area contributed by atoms with Crippen molar-refractivity contribution >= 4 is 71.3 Å². The van der Waals surface area contributed by atoms with Gasteiger partial charge in [0, 0.05) is 34.2 Å². The molecule has 2 unspecified atom stereocenters. The summed E-state index contributed by atoms with van der Waals surface area (Å²) in [4.78, 5) is 11.1. The summed E-state index contributed by atoms with van der Waals surface area (Å²) in [5.74, 6) is 8.49. The zero-order chi connectivity index (χ0) is 39.9. The van der Waals surface area contributed by atoms with E-state index < -0.39 is 5.31 Å². The van der Waals surface area contributed by atoms with Gasteiger partial charge in [-0.3, -0.25) is 0 Å². The predicted molar refractivity (Wildman–Crippen MR) is 256 cm³/mol. The van der Waals surface area contributed by atoms with Crippen molar-refractivity contribution in [2.75, 3.05) is 6.66 Å². The van der Waals surface area contributed by atoms with Crippen LogP contribution in [0.5, 0.6) is 0 Å². The first-order valence-corrected chi connectivity index (χ1v) is 30.1. The molecule has 55 heavy (non-hydrogen) atoms. The van der Waals surface area contributed by atoms with E-state index in [1.807, 2.05) is 0 Å². The first-order valence-electron chi connectivity index (χ1n) is 21.6. The fourth-order valence-corrected chi connectivity index (χ4v) is 16.1. The van der Waals surface area contributed by atoms with Crippen LogP contribution >= 0.6 is 49.1 Å². The summed E-state index contributed by atoms with van der Waals surface area (Å²) >= 11 is 9.74. The number of rotatable bonds is 7. The third-order valence-electron chi connectivity index (χ3n) is 14.6. The zero-order valence-electron chi connectivity index (χ0n) is 34.7. The molecule has 3 aromatic carbocycles. The molecule has 4 aliphatic carbocycles. The second-order valence-electron chi connectivity index (χ2n) is 18.3. The van der Waals surface area contributed by atoms with Crippen molar-refractivity contribution in [1.82, 2.24) is 0 Å². The number of benzene rings is 3. The summed E-state index contributed by atoms with van der Waals surface area (Å²) in [7, 11) is 0. The Hall–Kier alpha value is -1.06. The second-order valence-corrected chi connectivity index (χ2v) is 28.0. The third-order valence-corrected chi connectivity index (χ3v) is 22.9. The van der Waals surface area contributed by atoms with Crippen molar-refractivity contribution in [3.8, 4) is 0 Å². The normalized spacial score (nSPS) is 31.5. The molecular weight excluding hydrogens is 887 g/mol. The summed E-state index contributed by atoms with van der Waals surface area (Å²) in [5.41, 5.74) is 0. The summed E-state index contributed by atoms with van der Waals surface area (Å²) in [6.45, 7) is 15.9. The van der Waals surface area contributed by atoms with Crippen LogP contribution in [0.2, 0.25) is 0 Å². The molecule has 0 heterocycles. The number of hydrogen-bond acceptors (Lipinski definition) is 1. The molecule has 4 aliphatic rings. The standard InChI is InChI=1S/C19H18BrP.C16H28.C15H26O.Br2/c1-21(20,17-11-5-2-6-12-17,18-13-7-3-8-14-18)19-15-9-4-10-16-19;1-4-14-11-16(10-7-13(14)3)15-8-5-12(2)6-9-15;1-11-3-6-13(7-4-11)14-8-5-12(2)15(9-14)10-16;1-2/h2-16H,1H3;4,12-16H,1,5-11H2,2-3H3;10-15H,3-9H2,1-2H3;/t;12?,13-,14+,15?,16?;11?,12-,13?,14?,15-;/m.11./s1. The Morgan fingerprint density at radius 2 is 0.818 bits per heavy atom. The Balaban J connectivity index is 0.000000182. The van der Waals surface area contributed by atoms with Crippen LogP contribution in [0.25, 0.3) is 0 Å². The van der Waals surface area contributed by atoms with Gasteiger partial charge in [-0.2, -0.15) is 0 Å². The minimum absolute atomic E-state index is 0.359. The average molecular weight is 960 g/mol. The van der Waals surface area contributed by atoms with Gasteiger partial charge in [-0.1, -0.05) is 59.5 Å².